The van der Waals surface area contributed by atoms with Gasteiger partial charge in [-0.3, -0.25) is 9.59 Å². The van der Waals surface area contributed by atoms with Crippen LogP contribution in [0.25, 0.3) is 0 Å². The second-order valence-corrected chi connectivity index (χ2v) is 5.70. The summed E-state index contributed by atoms with van der Waals surface area (Å²) in [6.45, 7) is 6.06. The second kappa shape index (κ2) is 7.04. The number of morpholine rings is 1. The Labute approximate surface area is 120 Å². The number of piperidine rings is 1. The van der Waals surface area contributed by atoms with E-state index in [4.69, 9.17) is 10.5 Å². The van der Waals surface area contributed by atoms with Crippen LogP contribution in [-0.2, 0) is 14.3 Å². The van der Waals surface area contributed by atoms with Crippen LogP contribution in [0.5, 0.6) is 0 Å². The molecule has 2 atom stereocenters. The first-order chi connectivity index (χ1) is 9.63. The summed E-state index contributed by atoms with van der Waals surface area (Å²) in [6, 6.07) is 0. The number of amides is 2. The molecule has 2 rings (SSSR count). The average Bonchev–Trinajstić information content (AvgIpc) is 2.53. The van der Waals surface area contributed by atoms with E-state index in [0.717, 1.165) is 19.4 Å². The molecule has 2 amide bonds. The molecule has 2 unspecified atom stereocenters. The van der Waals surface area contributed by atoms with Gasteiger partial charge in [-0.2, -0.15) is 0 Å². The molecule has 114 valence electrons. The zero-order chi connectivity index (χ0) is 14.5. The summed E-state index contributed by atoms with van der Waals surface area (Å²) in [6.07, 6.45) is 1.76. The number of ether oxygens (including phenoxy) is 1. The molecule has 2 N–H and O–H groups in total. The van der Waals surface area contributed by atoms with E-state index >= 15 is 0 Å². The van der Waals surface area contributed by atoms with Gasteiger partial charge in [0.25, 0.3) is 0 Å². The number of nitrogens with zero attached hydrogens (tertiary/aromatic N) is 2. The van der Waals surface area contributed by atoms with Gasteiger partial charge >= 0.3 is 0 Å². The lowest BCUT2D eigenvalue weighted by molar-refractivity contribution is -0.145. The normalized spacial score (nSPS) is 25.4. The Kier molecular flexibility index (Phi) is 5.37. The lowest BCUT2D eigenvalue weighted by atomic mass is 9.95. The van der Waals surface area contributed by atoms with Crippen molar-refractivity contribution in [2.75, 3.05) is 45.9 Å². The highest BCUT2D eigenvalue weighted by Gasteiger charge is 2.32. The number of hydrogen-bond donors (Lipinski definition) is 1. The minimum absolute atomic E-state index is 0.0595. The third kappa shape index (κ3) is 3.49. The van der Waals surface area contributed by atoms with Crippen molar-refractivity contribution in [1.29, 1.82) is 0 Å². The fourth-order valence-electron chi connectivity index (χ4n) is 2.83. The Morgan fingerprint density at radius 3 is 2.60 bits per heavy atom. The Hall–Kier alpha value is -1.14. The highest BCUT2D eigenvalue weighted by atomic mass is 16.5. The van der Waals surface area contributed by atoms with Crippen LogP contribution in [0.15, 0.2) is 0 Å². The molecule has 2 fully saturated rings. The first kappa shape index (κ1) is 15.3. The van der Waals surface area contributed by atoms with E-state index in [1.54, 1.807) is 0 Å². The van der Waals surface area contributed by atoms with Crippen molar-refractivity contribution < 1.29 is 14.3 Å². The maximum absolute atomic E-state index is 12.5. The predicted molar refractivity (Wildman–Crippen MR) is 74.9 cm³/mol. The Morgan fingerprint density at radius 2 is 1.95 bits per heavy atom. The molecule has 2 aliphatic rings. The van der Waals surface area contributed by atoms with Crippen LogP contribution in [0.4, 0.5) is 0 Å². The SMILES string of the molecule is CC(CN)C(=O)N1CCCC(C(=O)N2CCOCC2)C1. The molecule has 0 aromatic carbocycles. The number of carbonyl (C=O) groups excluding carboxylic acids is 2. The van der Waals surface area contributed by atoms with Crippen molar-refractivity contribution in [3.8, 4) is 0 Å². The van der Waals surface area contributed by atoms with E-state index in [-0.39, 0.29) is 23.7 Å². The van der Waals surface area contributed by atoms with E-state index in [9.17, 15) is 9.59 Å². The molecule has 2 aliphatic heterocycles. The summed E-state index contributed by atoms with van der Waals surface area (Å²) < 4.78 is 5.27. The maximum Gasteiger partial charge on any atom is 0.227 e. The summed E-state index contributed by atoms with van der Waals surface area (Å²) in [5.41, 5.74) is 5.55. The van der Waals surface area contributed by atoms with Crippen LogP contribution in [-0.4, -0.2) is 67.6 Å². The molecule has 0 aliphatic carbocycles. The summed E-state index contributed by atoms with van der Waals surface area (Å²) >= 11 is 0. The highest BCUT2D eigenvalue weighted by Crippen LogP contribution is 2.20. The zero-order valence-corrected chi connectivity index (χ0v) is 12.2. The van der Waals surface area contributed by atoms with E-state index in [0.29, 0.717) is 39.4 Å². The van der Waals surface area contributed by atoms with Crippen LogP contribution in [0.2, 0.25) is 0 Å². The largest absolute Gasteiger partial charge is 0.378 e. The molecule has 0 aromatic heterocycles. The standard InChI is InChI=1S/C14H25N3O3/c1-11(9-15)13(18)17-4-2-3-12(10-17)14(19)16-5-7-20-8-6-16/h11-12H,2-10,15H2,1H3. The Bertz CT molecular complexity index is 356. The number of nitrogens with two attached hydrogens (primary N) is 1. The monoisotopic (exact) mass is 283 g/mol. The summed E-state index contributed by atoms with van der Waals surface area (Å²) in [7, 11) is 0. The van der Waals surface area contributed by atoms with Gasteiger partial charge in [0.15, 0.2) is 0 Å². The lowest BCUT2D eigenvalue weighted by Gasteiger charge is -2.37. The molecule has 0 spiro atoms. The Balaban J connectivity index is 1.92. The Morgan fingerprint density at radius 1 is 1.25 bits per heavy atom. The molecule has 20 heavy (non-hydrogen) atoms. The second-order valence-electron chi connectivity index (χ2n) is 5.70. The molecule has 0 radical (unpaired) electrons. The van der Waals surface area contributed by atoms with Crippen molar-refractivity contribution in [3.63, 3.8) is 0 Å². The first-order valence-electron chi connectivity index (χ1n) is 7.49. The third-order valence-electron chi connectivity index (χ3n) is 4.18. The van der Waals surface area contributed by atoms with E-state index < -0.39 is 0 Å². The van der Waals surface area contributed by atoms with Crippen molar-refractivity contribution in [1.82, 2.24) is 9.80 Å². The van der Waals surface area contributed by atoms with E-state index in [1.165, 1.54) is 0 Å². The van der Waals surface area contributed by atoms with Crippen molar-refractivity contribution in [2.45, 2.75) is 19.8 Å². The molecule has 0 aromatic rings. The van der Waals surface area contributed by atoms with Gasteiger partial charge in [0, 0.05) is 38.6 Å². The van der Waals surface area contributed by atoms with E-state index in [1.807, 2.05) is 16.7 Å². The minimum atomic E-state index is -0.160. The molecule has 2 saturated heterocycles. The van der Waals surface area contributed by atoms with Gasteiger partial charge in [0.05, 0.1) is 19.1 Å². The van der Waals surface area contributed by atoms with Crippen LogP contribution in [0.1, 0.15) is 19.8 Å². The van der Waals surface area contributed by atoms with Crippen LogP contribution in [0.3, 0.4) is 0 Å². The van der Waals surface area contributed by atoms with Gasteiger partial charge in [-0.1, -0.05) is 6.92 Å². The first-order valence-corrected chi connectivity index (χ1v) is 7.49. The topological polar surface area (TPSA) is 75.9 Å². The number of carbonyl (C=O) groups is 2. The van der Waals surface area contributed by atoms with Gasteiger partial charge < -0.3 is 20.3 Å². The quantitative estimate of drug-likeness (QED) is 0.770. The number of rotatable bonds is 3. The lowest BCUT2D eigenvalue weighted by Crippen LogP contribution is -2.50. The molecule has 2 heterocycles. The number of hydrogen-bond acceptors (Lipinski definition) is 4. The van der Waals surface area contributed by atoms with Crippen LogP contribution >= 0.6 is 0 Å². The average molecular weight is 283 g/mol. The molecule has 6 heteroatoms. The molecule has 6 nitrogen and oxygen atoms in total. The molecular formula is C14H25N3O3. The third-order valence-corrected chi connectivity index (χ3v) is 4.18. The predicted octanol–water partition coefficient (Wildman–Crippen LogP) is -0.321. The van der Waals surface area contributed by atoms with E-state index in [2.05, 4.69) is 0 Å². The smallest absolute Gasteiger partial charge is 0.227 e. The van der Waals surface area contributed by atoms with Gasteiger partial charge in [-0.15, -0.1) is 0 Å². The summed E-state index contributed by atoms with van der Waals surface area (Å²) in [4.78, 5) is 28.3. The fraction of sp³-hybridized carbons (Fsp3) is 0.857. The zero-order valence-electron chi connectivity index (χ0n) is 12.2. The van der Waals surface area contributed by atoms with Gasteiger partial charge in [0.1, 0.15) is 0 Å². The summed E-state index contributed by atoms with van der Waals surface area (Å²) in [5.74, 6) is 0.0289. The summed E-state index contributed by atoms with van der Waals surface area (Å²) in [5, 5.41) is 0. The van der Waals surface area contributed by atoms with Crippen molar-refractivity contribution >= 4 is 11.8 Å². The van der Waals surface area contributed by atoms with Gasteiger partial charge in [-0.25, -0.2) is 0 Å². The fourth-order valence-corrected chi connectivity index (χ4v) is 2.83. The number of likely N-dealkylation sites (tertiary alicyclic amines) is 1. The highest BCUT2D eigenvalue weighted by molar-refractivity contribution is 5.82. The van der Waals surface area contributed by atoms with Crippen LogP contribution in [0, 0.1) is 11.8 Å². The van der Waals surface area contributed by atoms with Crippen LogP contribution < -0.4 is 5.73 Å². The molecular weight excluding hydrogens is 258 g/mol. The molecule has 0 saturated carbocycles. The molecule has 0 bridgehead atoms. The van der Waals surface area contributed by atoms with Crippen molar-refractivity contribution in [2.24, 2.45) is 17.6 Å². The van der Waals surface area contributed by atoms with Gasteiger partial charge in [-0.05, 0) is 12.8 Å². The van der Waals surface area contributed by atoms with Gasteiger partial charge in [0.2, 0.25) is 11.8 Å². The minimum Gasteiger partial charge on any atom is -0.378 e. The maximum atomic E-state index is 12.5. The van der Waals surface area contributed by atoms with Crippen molar-refractivity contribution in [3.05, 3.63) is 0 Å².